The van der Waals surface area contributed by atoms with Crippen molar-refractivity contribution in [1.82, 2.24) is 14.7 Å². The topological polar surface area (TPSA) is 64.1 Å². The SMILES string of the molecule is CCC(C(=O)O)N(C)C(=O)N(C)CC1CCCN1C. The first-order chi connectivity index (χ1) is 8.88. The second kappa shape index (κ2) is 6.75. The molecule has 19 heavy (non-hydrogen) atoms. The predicted octanol–water partition coefficient (Wildman–Crippen LogP) is 0.927. The summed E-state index contributed by atoms with van der Waals surface area (Å²) in [5, 5.41) is 9.08. The quantitative estimate of drug-likeness (QED) is 0.808. The first-order valence-electron chi connectivity index (χ1n) is 6.79. The van der Waals surface area contributed by atoms with Gasteiger partial charge < -0.3 is 19.8 Å². The zero-order chi connectivity index (χ0) is 14.6. The fraction of sp³-hybridized carbons (Fsp3) is 0.846. The highest BCUT2D eigenvalue weighted by atomic mass is 16.4. The van der Waals surface area contributed by atoms with E-state index < -0.39 is 12.0 Å². The van der Waals surface area contributed by atoms with E-state index in [-0.39, 0.29) is 6.03 Å². The lowest BCUT2D eigenvalue weighted by Crippen LogP contribution is -2.50. The van der Waals surface area contributed by atoms with Crippen LogP contribution in [0.15, 0.2) is 0 Å². The fourth-order valence-corrected chi connectivity index (χ4v) is 2.62. The lowest BCUT2D eigenvalue weighted by molar-refractivity contribution is -0.142. The minimum absolute atomic E-state index is 0.227. The Labute approximate surface area is 115 Å². The van der Waals surface area contributed by atoms with Crippen molar-refractivity contribution in [2.24, 2.45) is 0 Å². The first kappa shape index (κ1) is 15.8. The van der Waals surface area contributed by atoms with Crippen molar-refractivity contribution in [2.75, 3.05) is 34.2 Å². The summed E-state index contributed by atoms with van der Waals surface area (Å²) >= 11 is 0. The molecule has 110 valence electrons. The highest BCUT2D eigenvalue weighted by Gasteiger charge is 2.29. The molecule has 0 aromatic carbocycles. The number of carboxylic acids is 1. The van der Waals surface area contributed by atoms with Gasteiger partial charge >= 0.3 is 12.0 Å². The van der Waals surface area contributed by atoms with Crippen LogP contribution in [0.2, 0.25) is 0 Å². The van der Waals surface area contributed by atoms with Crippen LogP contribution >= 0.6 is 0 Å². The number of urea groups is 1. The molecular formula is C13H25N3O3. The molecule has 0 aromatic rings. The first-order valence-corrected chi connectivity index (χ1v) is 6.79. The van der Waals surface area contributed by atoms with Crippen molar-refractivity contribution in [3.63, 3.8) is 0 Å². The Morgan fingerprint density at radius 2 is 2.05 bits per heavy atom. The van der Waals surface area contributed by atoms with E-state index >= 15 is 0 Å². The number of carbonyl (C=O) groups is 2. The van der Waals surface area contributed by atoms with E-state index in [4.69, 9.17) is 5.11 Å². The number of nitrogens with zero attached hydrogens (tertiary/aromatic N) is 3. The molecule has 2 unspecified atom stereocenters. The van der Waals surface area contributed by atoms with Crippen molar-refractivity contribution in [3.8, 4) is 0 Å². The normalized spacial score (nSPS) is 21.2. The third-order valence-electron chi connectivity index (χ3n) is 3.92. The highest BCUT2D eigenvalue weighted by Crippen LogP contribution is 2.16. The molecule has 0 bridgehead atoms. The van der Waals surface area contributed by atoms with Gasteiger partial charge in [0.1, 0.15) is 6.04 Å². The summed E-state index contributed by atoms with van der Waals surface area (Å²) < 4.78 is 0. The van der Waals surface area contributed by atoms with Crippen LogP contribution in [-0.2, 0) is 4.79 Å². The molecule has 0 aliphatic carbocycles. The van der Waals surface area contributed by atoms with E-state index in [1.165, 1.54) is 4.90 Å². The van der Waals surface area contributed by atoms with Gasteiger partial charge in [-0.15, -0.1) is 0 Å². The number of likely N-dealkylation sites (tertiary alicyclic amines) is 1. The summed E-state index contributed by atoms with van der Waals surface area (Å²) in [6.07, 6.45) is 2.66. The molecule has 0 aromatic heterocycles. The maximum Gasteiger partial charge on any atom is 0.326 e. The summed E-state index contributed by atoms with van der Waals surface area (Å²) in [4.78, 5) is 28.5. The van der Waals surface area contributed by atoms with Gasteiger partial charge in [-0.3, -0.25) is 0 Å². The molecule has 1 N–H and O–H groups in total. The summed E-state index contributed by atoms with van der Waals surface area (Å²) in [5.41, 5.74) is 0. The average Bonchev–Trinajstić information content (AvgIpc) is 2.74. The molecule has 6 nitrogen and oxygen atoms in total. The molecule has 1 heterocycles. The van der Waals surface area contributed by atoms with Crippen molar-refractivity contribution >= 4 is 12.0 Å². The minimum Gasteiger partial charge on any atom is -0.480 e. The molecule has 6 heteroatoms. The molecule has 0 saturated carbocycles. The lowest BCUT2D eigenvalue weighted by atomic mass is 10.2. The maximum absolute atomic E-state index is 12.2. The standard InChI is InChI=1S/C13H25N3O3/c1-5-11(12(17)18)16(4)13(19)15(3)9-10-7-6-8-14(10)2/h10-11H,5-9H2,1-4H3,(H,17,18). The third kappa shape index (κ3) is 3.83. The van der Waals surface area contributed by atoms with Crippen LogP contribution in [0.1, 0.15) is 26.2 Å². The number of likely N-dealkylation sites (N-methyl/N-ethyl adjacent to an activating group) is 3. The number of carboxylic acid groups (broad SMARTS) is 1. The Bertz CT molecular complexity index is 335. The van der Waals surface area contributed by atoms with E-state index in [1.807, 2.05) is 0 Å². The molecule has 2 atom stereocenters. The summed E-state index contributed by atoms with van der Waals surface area (Å²) in [7, 11) is 5.35. The van der Waals surface area contributed by atoms with Gasteiger partial charge in [0.25, 0.3) is 0 Å². The Morgan fingerprint density at radius 1 is 1.42 bits per heavy atom. The van der Waals surface area contributed by atoms with Gasteiger partial charge in [-0.05, 0) is 32.9 Å². The predicted molar refractivity (Wildman–Crippen MR) is 73.2 cm³/mol. The van der Waals surface area contributed by atoms with Crippen LogP contribution in [0.3, 0.4) is 0 Å². The fourth-order valence-electron chi connectivity index (χ4n) is 2.62. The van der Waals surface area contributed by atoms with Gasteiger partial charge in [0.15, 0.2) is 0 Å². The second-order valence-corrected chi connectivity index (χ2v) is 5.31. The van der Waals surface area contributed by atoms with Crippen molar-refractivity contribution in [1.29, 1.82) is 0 Å². The molecular weight excluding hydrogens is 246 g/mol. The van der Waals surface area contributed by atoms with Crippen molar-refractivity contribution < 1.29 is 14.7 Å². The number of rotatable bonds is 5. The Kier molecular flexibility index (Phi) is 5.60. The van der Waals surface area contributed by atoms with E-state index in [1.54, 1.807) is 25.9 Å². The van der Waals surface area contributed by atoms with Crippen LogP contribution in [-0.4, -0.2) is 78.1 Å². The summed E-state index contributed by atoms with van der Waals surface area (Å²) in [6.45, 7) is 3.48. The van der Waals surface area contributed by atoms with Gasteiger partial charge in [0.05, 0.1) is 0 Å². The molecule has 0 spiro atoms. The Morgan fingerprint density at radius 3 is 2.47 bits per heavy atom. The summed E-state index contributed by atoms with van der Waals surface area (Å²) in [5.74, 6) is -0.954. The van der Waals surface area contributed by atoms with Gasteiger partial charge in [0, 0.05) is 26.7 Å². The Balaban J connectivity index is 2.58. The van der Waals surface area contributed by atoms with E-state index in [0.29, 0.717) is 19.0 Å². The van der Waals surface area contributed by atoms with E-state index in [9.17, 15) is 9.59 Å². The van der Waals surface area contributed by atoms with Crippen molar-refractivity contribution in [3.05, 3.63) is 0 Å². The minimum atomic E-state index is -0.954. The van der Waals surface area contributed by atoms with Gasteiger partial charge in [-0.2, -0.15) is 0 Å². The zero-order valence-corrected chi connectivity index (χ0v) is 12.3. The highest BCUT2D eigenvalue weighted by molar-refractivity contribution is 5.82. The van der Waals surface area contributed by atoms with Crippen LogP contribution < -0.4 is 0 Å². The average molecular weight is 271 g/mol. The van der Waals surface area contributed by atoms with Crippen LogP contribution in [0.4, 0.5) is 4.79 Å². The number of hydrogen-bond donors (Lipinski definition) is 1. The molecule has 1 aliphatic rings. The molecule has 1 aliphatic heterocycles. The third-order valence-corrected chi connectivity index (χ3v) is 3.92. The van der Waals surface area contributed by atoms with Gasteiger partial charge in [0.2, 0.25) is 0 Å². The molecule has 2 amide bonds. The Hall–Kier alpha value is -1.30. The second-order valence-electron chi connectivity index (χ2n) is 5.31. The zero-order valence-electron chi connectivity index (χ0n) is 12.3. The number of aliphatic carboxylic acids is 1. The monoisotopic (exact) mass is 271 g/mol. The largest absolute Gasteiger partial charge is 0.480 e. The van der Waals surface area contributed by atoms with Gasteiger partial charge in [-0.25, -0.2) is 9.59 Å². The van der Waals surface area contributed by atoms with E-state index in [0.717, 1.165) is 19.4 Å². The van der Waals surface area contributed by atoms with Crippen LogP contribution in [0, 0.1) is 0 Å². The van der Waals surface area contributed by atoms with Crippen molar-refractivity contribution in [2.45, 2.75) is 38.3 Å². The maximum atomic E-state index is 12.2. The number of carbonyl (C=O) groups excluding carboxylic acids is 1. The number of hydrogen-bond acceptors (Lipinski definition) is 3. The molecule has 1 fully saturated rings. The van der Waals surface area contributed by atoms with Crippen LogP contribution in [0.5, 0.6) is 0 Å². The molecule has 0 radical (unpaired) electrons. The van der Waals surface area contributed by atoms with E-state index in [2.05, 4.69) is 11.9 Å². The number of amides is 2. The van der Waals surface area contributed by atoms with Crippen LogP contribution in [0.25, 0.3) is 0 Å². The summed E-state index contributed by atoms with van der Waals surface area (Å²) in [6, 6.07) is -0.599. The molecule has 1 saturated heterocycles. The van der Waals surface area contributed by atoms with Gasteiger partial charge in [-0.1, -0.05) is 6.92 Å². The molecule has 1 rings (SSSR count). The smallest absolute Gasteiger partial charge is 0.326 e. The lowest BCUT2D eigenvalue weighted by Gasteiger charge is -2.31.